The van der Waals surface area contributed by atoms with Crippen molar-refractivity contribution < 1.29 is 27.5 Å². The molecule has 3 N–H and O–H groups in total. The molecule has 1 aliphatic carbocycles. The summed E-state index contributed by atoms with van der Waals surface area (Å²) >= 11 is 0. The molecule has 2 saturated heterocycles. The largest absolute Gasteiger partial charge is 0.444 e. The van der Waals surface area contributed by atoms with E-state index in [0.717, 1.165) is 50.9 Å². The van der Waals surface area contributed by atoms with E-state index in [9.17, 15) is 22.8 Å². The number of alkyl halides is 3. The lowest BCUT2D eigenvalue weighted by Gasteiger charge is -2.47. The Balaban J connectivity index is 1.07. The van der Waals surface area contributed by atoms with Gasteiger partial charge < -0.3 is 20.7 Å². The number of hydrogen-bond acceptors (Lipinski definition) is 7. The number of cyclic esters (lactones) is 1. The van der Waals surface area contributed by atoms with Crippen LogP contribution in [0.25, 0.3) is 10.9 Å². The highest BCUT2D eigenvalue weighted by Gasteiger charge is 2.38. The van der Waals surface area contributed by atoms with Gasteiger partial charge in [-0.25, -0.2) is 14.8 Å². The summed E-state index contributed by atoms with van der Waals surface area (Å²) in [6.07, 6.45) is 0.549. The van der Waals surface area contributed by atoms with Gasteiger partial charge in [-0.15, -0.1) is 0 Å². The minimum atomic E-state index is -4.48. The van der Waals surface area contributed by atoms with Crippen LogP contribution in [0.3, 0.4) is 0 Å². The number of ether oxygens (including phenoxy) is 1. The van der Waals surface area contributed by atoms with Crippen LogP contribution in [0.5, 0.6) is 0 Å². The van der Waals surface area contributed by atoms with Gasteiger partial charge in [-0.1, -0.05) is 0 Å². The molecule has 3 heterocycles. The van der Waals surface area contributed by atoms with E-state index in [-0.39, 0.29) is 41.9 Å². The maximum absolute atomic E-state index is 13.1. The molecule has 35 heavy (non-hydrogen) atoms. The summed E-state index contributed by atoms with van der Waals surface area (Å²) in [5, 5.41) is 8.74. The summed E-state index contributed by atoms with van der Waals surface area (Å²) in [5.74, 6) is 0.345. The summed E-state index contributed by atoms with van der Waals surface area (Å²) in [4.78, 5) is 34.1. The minimum Gasteiger partial charge on any atom is -0.444 e. The third-order valence-corrected chi connectivity index (χ3v) is 7.14. The molecule has 3 fully saturated rings. The normalized spacial score (nSPS) is 25.6. The fraction of sp³-hybridized carbons (Fsp3) is 0.565. The summed E-state index contributed by atoms with van der Waals surface area (Å²) in [6, 6.07) is 3.76. The molecule has 12 heteroatoms. The van der Waals surface area contributed by atoms with E-state index in [1.54, 1.807) is 0 Å². The number of nitrogens with zero attached hydrogens (tertiary/aromatic N) is 3. The third kappa shape index (κ3) is 5.26. The summed E-state index contributed by atoms with van der Waals surface area (Å²) in [7, 11) is 0. The van der Waals surface area contributed by atoms with Gasteiger partial charge in [0.2, 0.25) is 5.91 Å². The minimum absolute atomic E-state index is 0.0218. The molecule has 9 nitrogen and oxygen atoms in total. The molecule has 1 saturated carbocycles. The number of likely N-dealkylation sites (tertiary alicyclic amines) is 1. The highest BCUT2D eigenvalue weighted by molar-refractivity contribution is 5.91. The molecule has 188 valence electrons. The van der Waals surface area contributed by atoms with Gasteiger partial charge >= 0.3 is 12.3 Å². The van der Waals surface area contributed by atoms with Crippen molar-refractivity contribution in [2.24, 2.45) is 5.92 Å². The van der Waals surface area contributed by atoms with Crippen LogP contribution >= 0.6 is 0 Å². The second-order valence-electron chi connectivity index (χ2n) is 9.42. The molecule has 0 radical (unpaired) electrons. The lowest BCUT2D eigenvalue weighted by Crippen LogP contribution is -2.63. The molecule has 2 amide bonds. The number of hydrogen-bond donors (Lipinski definition) is 3. The van der Waals surface area contributed by atoms with Crippen LogP contribution < -0.4 is 16.0 Å². The summed E-state index contributed by atoms with van der Waals surface area (Å²) in [5.41, 5.74) is -0.431. The number of amides is 2. The molecule has 2 aliphatic heterocycles. The Morgan fingerprint density at radius 2 is 1.94 bits per heavy atom. The Labute approximate surface area is 199 Å². The quantitative estimate of drug-likeness (QED) is 0.569. The maximum atomic E-state index is 13.1. The van der Waals surface area contributed by atoms with Crippen molar-refractivity contribution in [1.82, 2.24) is 25.5 Å². The van der Waals surface area contributed by atoms with Gasteiger partial charge in [0.15, 0.2) is 0 Å². The molecule has 0 bridgehead atoms. The topological polar surface area (TPSA) is 108 Å². The number of halogens is 3. The van der Waals surface area contributed by atoms with E-state index < -0.39 is 11.7 Å². The van der Waals surface area contributed by atoms with Gasteiger partial charge in [-0.05, 0) is 49.8 Å². The average molecular weight is 493 g/mol. The fourth-order valence-electron chi connectivity index (χ4n) is 5.22. The molecule has 1 unspecified atom stereocenters. The van der Waals surface area contributed by atoms with Crippen molar-refractivity contribution in [3.8, 4) is 0 Å². The maximum Gasteiger partial charge on any atom is 0.416 e. The molecule has 0 spiro atoms. The lowest BCUT2D eigenvalue weighted by molar-refractivity contribution is -0.137. The second-order valence-corrected chi connectivity index (χ2v) is 9.42. The highest BCUT2D eigenvalue weighted by Crippen LogP contribution is 2.34. The number of carbonyl (C=O) groups excluding carboxylic acids is 2. The average Bonchev–Trinajstić information content (AvgIpc) is 3.25. The highest BCUT2D eigenvalue weighted by atomic mass is 19.4. The summed E-state index contributed by atoms with van der Waals surface area (Å²) < 4.78 is 44.5. The number of alkyl carbamates (subject to hydrolysis) is 1. The van der Waals surface area contributed by atoms with Gasteiger partial charge in [-0.3, -0.25) is 9.69 Å². The zero-order chi connectivity index (χ0) is 24.6. The number of carbonyl (C=O) groups is 2. The Hall–Kier alpha value is -3.15. The van der Waals surface area contributed by atoms with Crippen molar-refractivity contribution >= 4 is 28.7 Å². The predicted molar refractivity (Wildman–Crippen MR) is 121 cm³/mol. The Morgan fingerprint density at radius 3 is 2.63 bits per heavy atom. The van der Waals surface area contributed by atoms with E-state index in [4.69, 9.17) is 4.74 Å². The van der Waals surface area contributed by atoms with Crippen LogP contribution in [0.4, 0.5) is 23.8 Å². The monoisotopic (exact) mass is 492 g/mol. The van der Waals surface area contributed by atoms with E-state index >= 15 is 0 Å². The van der Waals surface area contributed by atoms with Crippen LogP contribution in [0, 0.1) is 5.92 Å². The van der Waals surface area contributed by atoms with Crippen LogP contribution in [-0.2, 0) is 15.7 Å². The smallest absolute Gasteiger partial charge is 0.416 e. The zero-order valence-corrected chi connectivity index (χ0v) is 19.0. The van der Waals surface area contributed by atoms with Gasteiger partial charge in [0.05, 0.1) is 30.2 Å². The van der Waals surface area contributed by atoms with Gasteiger partial charge in [0, 0.05) is 24.5 Å². The van der Waals surface area contributed by atoms with Crippen LogP contribution in [0.1, 0.15) is 31.2 Å². The van der Waals surface area contributed by atoms with Crippen LogP contribution in [-0.4, -0.2) is 71.2 Å². The number of aromatic nitrogens is 2. The van der Waals surface area contributed by atoms with Crippen molar-refractivity contribution in [1.29, 1.82) is 0 Å². The van der Waals surface area contributed by atoms with Crippen molar-refractivity contribution in [3.05, 3.63) is 30.1 Å². The van der Waals surface area contributed by atoms with Crippen molar-refractivity contribution in [2.45, 2.75) is 50.0 Å². The molecule has 1 aromatic heterocycles. The molecular weight excluding hydrogens is 465 g/mol. The molecule has 1 atom stereocenters. The van der Waals surface area contributed by atoms with Crippen LogP contribution in [0.15, 0.2) is 24.5 Å². The van der Waals surface area contributed by atoms with E-state index in [0.29, 0.717) is 24.0 Å². The second kappa shape index (κ2) is 9.48. The summed E-state index contributed by atoms with van der Waals surface area (Å²) in [6.45, 7) is 2.03. The first-order valence-corrected chi connectivity index (χ1v) is 11.8. The molecular formula is C23H27F3N6O3. The number of fused-ring (bicyclic) bond motifs is 1. The first-order valence-electron chi connectivity index (χ1n) is 11.8. The first-order chi connectivity index (χ1) is 16.8. The number of rotatable bonds is 6. The Kier molecular flexibility index (Phi) is 6.39. The van der Waals surface area contributed by atoms with Gasteiger partial charge in [-0.2, -0.15) is 13.2 Å². The third-order valence-electron chi connectivity index (χ3n) is 7.14. The number of nitrogens with one attached hydrogen (secondary N) is 3. The van der Waals surface area contributed by atoms with Crippen molar-refractivity contribution in [2.75, 3.05) is 31.5 Å². The number of benzene rings is 1. The van der Waals surface area contributed by atoms with Crippen molar-refractivity contribution in [3.63, 3.8) is 0 Å². The molecule has 1 aromatic carbocycles. The predicted octanol–water partition coefficient (Wildman–Crippen LogP) is 2.53. The van der Waals surface area contributed by atoms with E-state index in [1.807, 2.05) is 0 Å². The fourth-order valence-corrected chi connectivity index (χ4v) is 5.22. The van der Waals surface area contributed by atoms with E-state index in [1.165, 1.54) is 12.4 Å². The standard InChI is InChI=1S/C23H27F3N6O3/c24-23(25,26)14-3-6-18-17(7-14)21(30-12-29-18)27-9-20(33)31-15-10-32(11-15)16-4-1-13(2-5-16)19-8-28-22(34)35-19/h3,6-7,12-13,15-16,19H,1-2,4-5,8-11H2,(H,28,34)(H,31,33)(H,27,29,30)/t13-,16+,19?. The number of anilines is 1. The first kappa shape index (κ1) is 23.6. The van der Waals surface area contributed by atoms with Gasteiger partial charge in [0.1, 0.15) is 18.2 Å². The Morgan fingerprint density at radius 1 is 1.17 bits per heavy atom. The van der Waals surface area contributed by atoms with E-state index in [2.05, 4.69) is 30.8 Å². The zero-order valence-electron chi connectivity index (χ0n) is 19.0. The van der Waals surface area contributed by atoms with Gasteiger partial charge in [0.25, 0.3) is 0 Å². The lowest BCUT2D eigenvalue weighted by atomic mass is 9.81. The molecule has 2 aromatic rings. The van der Waals surface area contributed by atoms with Crippen LogP contribution in [0.2, 0.25) is 0 Å². The SMILES string of the molecule is O=C(CNc1ncnc2ccc(C(F)(F)F)cc12)NC1CN([C@H]2CC[C@@H](C3CNC(=O)O3)CC2)C1. The molecule has 5 rings (SSSR count). The Bertz CT molecular complexity index is 1100. The molecule has 3 aliphatic rings.